The Kier molecular flexibility index (Phi) is 4.79. The fourth-order valence-corrected chi connectivity index (χ4v) is 2.79. The van der Waals surface area contributed by atoms with E-state index >= 15 is 0 Å². The minimum Gasteiger partial charge on any atom is -0.345 e. The smallest absolute Gasteiger partial charge is 0.258 e. The van der Waals surface area contributed by atoms with Crippen molar-refractivity contribution in [3.05, 3.63) is 65.6 Å². The van der Waals surface area contributed by atoms with E-state index in [1.807, 2.05) is 13.0 Å². The zero-order chi connectivity index (χ0) is 19.5. The molecule has 3 aromatic heterocycles. The third-order valence-electron chi connectivity index (χ3n) is 4.19. The number of benzene rings is 1. The van der Waals surface area contributed by atoms with Gasteiger partial charge in [-0.25, -0.2) is 4.39 Å². The fourth-order valence-electron chi connectivity index (χ4n) is 2.79. The molecule has 0 saturated carbocycles. The Hall–Kier alpha value is -3.62. The normalized spacial score (nSPS) is 11.1. The second-order valence-electron chi connectivity index (χ2n) is 6.19. The van der Waals surface area contributed by atoms with Gasteiger partial charge in [0.1, 0.15) is 5.82 Å². The molecule has 0 spiro atoms. The van der Waals surface area contributed by atoms with Crippen molar-refractivity contribution in [3.63, 3.8) is 0 Å². The van der Waals surface area contributed by atoms with Gasteiger partial charge in [0.15, 0.2) is 17.3 Å². The summed E-state index contributed by atoms with van der Waals surface area (Å²) >= 11 is 0. The third kappa shape index (κ3) is 3.46. The van der Waals surface area contributed by atoms with Crippen molar-refractivity contribution in [1.29, 1.82) is 0 Å². The molecular weight excluding hydrogens is 363 g/mol. The second-order valence-corrected chi connectivity index (χ2v) is 6.19. The van der Waals surface area contributed by atoms with E-state index in [1.54, 1.807) is 22.7 Å². The van der Waals surface area contributed by atoms with Crippen LogP contribution in [0.5, 0.6) is 0 Å². The van der Waals surface area contributed by atoms with Crippen LogP contribution >= 0.6 is 0 Å². The quantitative estimate of drug-likeness (QED) is 0.552. The number of aromatic nitrogens is 5. The lowest BCUT2D eigenvalue weighted by Crippen LogP contribution is -2.24. The summed E-state index contributed by atoms with van der Waals surface area (Å²) in [6, 6.07) is 9.39. The molecule has 3 heterocycles. The van der Waals surface area contributed by atoms with Gasteiger partial charge in [0, 0.05) is 18.2 Å². The van der Waals surface area contributed by atoms with Crippen LogP contribution in [0.15, 0.2) is 47.1 Å². The predicted octanol–water partition coefficient (Wildman–Crippen LogP) is 2.80. The molecule has 0 atom stereocenters. The fraction of sp³-hybridized carbons (Fsp3) is 0.211. The van der Waals surface area contributed by atoms with Crippen molar-refractivity contribution in [2.75, 3.05) is 0 Å². The number of halogens is 1. The molecule has 0 aliphatic rings. The van der Waals surface area contributed by atoms with E-state index in [0.29, 0.717) is 23.2 Å². The van der Waals surface area contributed by atoms with E-state index in [2.05, 4.69) is 25.7 Å². The zero-order valence-corrected chi connectivity index (χ0v) is 15.1. The largest absolute Gasteiger partial charge is 0.345 e. The molecular formula is C19H17FN6O2. The second kappa shape index (κ2) is 7.55. The summed E-state index contributed by atoms with van der Waals surface area (Å²) in [6.45, 7) is 2.15. The molecule has 0 radical (unpaired) electrons. The van der Waals surface area contributed by atoms with Crippen molar-refractivity contribution in [1.82, 2.24) is 30.1 Å². The van der Waals surface area contributed by atoms with Gasteiger partial charge in [0.2, 0.25) is 0 Å². The van der Waals surface area contributed by atoms with Gasteiger partial charge in [-0.2, -0.15) is 4.98 Å². The first-order valence-corrected chi connectivity index (χ1v) is 8.85. The number of aryl methyl sites for hydroxylation is 1. The molecule has 0 fully saturated rings. The number of carbonyl (C=O) groups excluding carboxylic acids is 1. The van der Waals surface area contributed by atoms with Crippen molar-refractivity contribution in [3.8, 4) is 11.5 Å². The van der Waals surface area contributed by atoms with Crippen LogP contribution in [-0.4, -0.2) is 30.6 Å². The van der Waals surface area contributed by atoms with Gasteiger partial charge < -0.3 is 9.84 Å². The standard InChI is InChI=1S/C19H17FN6O2/c1-2-5-15-22-19(28-25-15)12-8-9-26-16(10-12)23-24-17(26)11-21-18(27)13-6-3-4-7-14(13)20/h3-4,6-10H,2,5,11H2,1H3,(H,21,27). The van der Waals surface area contributed by atoms with Gasteiger partial charge in [-0.15, -0.1) is 10.2 Å². The summed E-state index contributed by atoms with van der Waals surface area (Å²) in [4.78, 5) is 16.5. The highest BCUT2D eigenvalue weighted by atomic mass is 19.1. The number of carbonyl (C=O) groups is 1. The summed E-state index contributed by atoms with van der Waals surface area (Å²) in [5.41, 5.74) is 1.29. The highest BCUT2D eigenvalue weighted by Crippen LogP contribution is 2.19. The van der Waals surface area contributed by atoms with Gasteiger partial charge in [-0.05, 0) is 30.7 Å². The lowest BCUT2D eigenvalue weighted by molar-refractivity contribution is 0.0945. The molecule has 1 N–H and O–H groups in total. The lowest BCUT2D eigenvalue weighted by Gasteiger charge is -2.05. The van der Waals surface area contributed by atoms with Crippen LogP contribution in [0, 0.1) is 5.82 Å². The summed E-state index contributed by atoms with van der Waals surface area (Å²) in [6.07, 6.45) is 3.45. The van der Waals surface area contributed by atoms with E-state index in [9.17, 15) is 9.18 Å². The molecule has 0 unspecified atom stereocenters. The summed E-state index contributed by atoms with van der Waals surface area (Å²) < 4.78 is 20.7. The van der Waals surface area contributed by atoms with Crippen molar-refractivity contribution in [2.24, 2.45) is 0 Å². The average Bonchev–Trinajstić information content (AvgIpc) is 3.33. The number of hydrogen-bond donors (Lipinski definition) is 1. The van der Waals surface area contributed by atoms with Gasteiger partial charge in [0.05, 0.1) is 12.1 Å². The maximum absolute atomic E-state index is 13.7. The van der Waals surface area contributed by atoms with Gasteiger partial charge in [-0.3, -0.25) is 9.20 Å². The molecule has 4 rings (SSSR count). The first-order valence-electron chi connectivity index (χ1n) is 8.85. The van der Waals surface area contributed by atoms with E-state index in [1.165, 1.54) is 18.2 Å². The van der Waals surface area contributed by atoms with Crippen LogP contribution in [-0.2, 0) is 13.0 Å². The van der Waals surface area contributed by atoms with Crippen molar-refractivity contribution < 1.29 is 13.7 Å². The average molecular weight is 380 g/mol. The van der Waals surface area contributed by atoms with Gasteiger partial charge in [-0.1, -0.05) is 24.2 Å². The van der Waals surface area contributed by atoms with Crippen molar-refractivity contribution in [2.45, 2.75) is 26.3 Å². The number of rotatable bonds is 6. The van der Waals surface area contributed by atoms with Crippen LogP contribution in [0.4, 0.5) is 4.39 Å². The summed E-state index contributed by atoms with van der Waals surface area (Å²) in [5, 5.41) is 14.8. The lowest BCUT2D eigenvalue weighted by atomic mass is 10.2. The zero-order valence-electron chi connectivity index (χ0n) is 15.1. The molecule has 9 heteroatoms. The maximum Gasteiger partial charge on any atom is 0.258 e. The highest BCUT2D eigenvalue weighted by Gasteiger charge is 2.14. The SMILES string of the molecule is CCCc1noc(-c2ccn3c(CNC(=O)c4ccccc4F)nnc3c2)n1. The number of nitrogens with one attached hydrogen (secondary N) is 1. The van der Waals surface area contributed by atoms with E-state index in [-0.39, 0.29) is 12.1 Å². The number of amides is 1. The molecule has 1 amide bonds. The van der Waals surface area contributed by atoms with Gasteiger partial charge >= 0.3 is 0 Å². The minimum absolute atomic E-state index is 0.0158. The Morgan fingerprint density at radius 3 is 2.93 bits per heavy atom. The molecule has 0 saturated heterocycles. The Morgan fingerprint density at radius 1 is 1.25 bits per heavy atom. The van der Waals surface area contributed by atoms with Crippen LogP contribution in [0.25, 0.3) is 17.1 Å². The van der Waals surface area contributed by atoms with Crippen LogP contribution < -0.4 is 5.32 Å². The minimum atomic E-state index is -0.572. The number of fused-ring (bicyclic) bond motifs is 1. The third-order valence-corrected chi connectivity index (χ3v) is 4.19. The Labute approximate surface area is 159 Å². The molecule has 142 valence electrons. The Bertz CT molecular complexity index is 1140. The van der Waals surface area contributed by atoms with Crippen LogP contribution in [0.1, 0.15) is 35.4 Å². The highest BCUT2D eigenvalue weighted by molar-refractivity contribution is 5.94. The molecule has 28 heavy (non-hydrogen) atoms. The van der Waals surface area contributed by atoms with Crippen LogP contribution in [0.2, 0.25) is 0 Å². The monoisotopic (exact) mass is 380 g/mol. The van der Waals surface area contributed by atoms with Crippen molar-refractivity contribution >= 4 is 11.6 Å². The first kappa shape index (κ1) is 17.8. The maximum atomic E-state index is 13.7. The summed E-state index contributed by atoms with van der Waals surface area (Å²) in [7, 11) is 0. The molecule has 0 aliphatic carbocycles. The van der Waals surface area contributed by atoms with E-state index in [0.717, 1.165) is 18.4 Å². The number of hydrogen-bond acceptors (Lipinski definition) is 6. The molecule has 0 aliphatic heterocycles. The topological polar surface area (TPSA) is 98.2 Å². The van der Waals surface area contributed by atoms with Gasteiger partial charge in [0.25, 0.3) is 11.8 Å². The summed E-state index contributed by atoms with van der Waals surface area (Å²) in [5.74, 6) is 0.515. The molecule has 4 aromatic rings. The van der Waals surface area contributed by atoms with E-state index < -0.39 is 11.7 Å². The number of pyridine rings is 1. The molecule has 8 nitrogen and oxygen atoms in total. The first-order chi connectivity index (χ1) is 13.7. The molecule has 1 aromatic carbocycles. The van der Waals surface area contributed by atoms with Crippen LogP contribution in [0.3, 0.4) is 0 Å². The Morgan fingerprint density at radius 2 is 2.11 bits per heavy atom. The molecule has 0 bridgehead atoms. The van der Waals surface area contributed by atoms with E-state index in [4.69, 9.17) is 4.52 Å². The predicted molar refractivity (Wildman–Crippen MR) is 97.8 cm³/mol. The number of nitrogens with zero attached hydrogens (tertiary/aromatic N) is 5. The Balaban J connectivity index is 1.51.